The maximum Gasteiger partial charge on any atom is 0.380 e. The van der Waals surface area contributed by atoms with Gasteiger partial charge in [0.05, 0.1) is 0 Å². The number of alkyl halides is 6. The topological polar surface area (TPSA) is 3.88 Å². The van der Waals surface area contributed by atoms with Crippen molar-refractivity contribution in [3.63, 3.8) is 0 Å². The minimum atomic E-state index is -5.49. The normalized spacial score (nSPS) is 16.8. The first kappa shape index (κ1) is 27.0. The molecule has 4 aromatic rings. The molecule has 0 atom stereocenters. The van der Waals surface area contributed by atoms with Crippen LogP contribution in [0.3, 0.4) is 0 Å². The fourth-order valence-corrected chi connectivity index (χ4v) is 5.58. The molecule has 0 spiro atoms. The number of benzene rings is 3. The summed E-state index contributed by atoms with van der Waals surface area (Å²) < 4.78 is 86.9. The molecule has 39 heavy (non-hydrogen) atoms. The van der Waals surface area contributed by atoms with E-state index < -0.39 is 28.9 Å². The van der Waals surface area contributed by atoms with E-state index in [0.29, 0.717) is 11.6 Å². The zero-order valence-electron chi connectivity index (χ0n) is 22.5. The van der Waals surface area contributed by atoms with Gasteiger partial charge in [0, 0.05) is 28.3 Å². The van der Waals surface area contributed by atoms with Crippen LogP contribution in [0.1, 0.15) is 38.9 Å². The van der Waals surface area contributed by atoms with Crippen molar-refractivity contribution in [2.24, 2.45) is 7.05 Å². The minimum Gasteiger partial charge on any atom is -0.201 e. The number of aromatic nitrogens is 1. The maximum atomic E-state index is 14.4. The Balaban J connectivity index is 1.60. The van der Waals surface area contributed by atoms with Crippen molar-refractivity contribution in [1.29, 1.82) is 0 Å². The van der Waals surface area contributed by atoms with Crippen molar-refractivity contribution in [3.8, 4) is 33.5 Å². The summed E-state index contributed by atoms with van der Waals surface area (Å²) in [5.74, 6) is -15.4. The van der Waals surface area contributed by atoms with Crippen LogP contribution in [0.2, 0.25) is 0 Å². The Kier molecular flexibility index (Phi) is 6.02. The average molecular weight is 541 g/mol. The first-order valence-electron chi connectivity index (χ1n) is 12.6. The van der Waals surface area contributed by atoms with Crippen LogP contribution in [-0.4, -0.2) is 5.92 Å². The van der Waals surface area contributed by atoms with Gasteiger partial charge in [-0.25, -0.2) is 4.57 Å². The van der Waals surface area contributed by atoms with Gasteiger partial charge in [0.2, 0.25) is 5.69 Å². The molecule has 0 radical (unpaired) electrons. The number of halogens is 6. The van der Waals surface area contributed by atoms with Gasteiger partial charge in [-0.2, -0.15) is 26.3 Å². The fraction of sp³-hybridized carbons (Fsp3) is 0.281. The smallest absolute Gasteiger partial charge is 0.201 e. The molecule has 202 valence electrons. The summed E-state index contributed by atoms with van der Waals surface area (Å²) >= 11 is 0. The van der Waals surface area contributed by atoms with Crippen molar-refractivity contribution in [1.82, 2.24) is 0 Å². The van der Waals surface area contributed by atoms with E-state index in [2.05, 4.69) is 49.7 Å². The first-order valence-corrected chi connectivity index (χ1v) is 12.6. The molecule has 0 saturated heterocycles. The number of aryl methyl sites for hydroxylation is 5. The Labute approximate surface area is 223 Å². The van der Waals surface area contributed by atoms with E-state index in [9.17, 15) is 26.3 Å². The third-order valence-corrected chi connectivity index (χ3v) is 7.90. The molecule has 0 unspecified atom stereocenters. The van der Waals surface area contributed by atoms with Crippen LogP contribution in [0.15, 0.2) is 60.8 Å². The number of nitrogens with zero attached hydrogens (tertiary/aromatic N) is 1. The van der Waals surface area contributed by atoms with Gasteiger partial charge in [0.1, 0.15) is 7.05 Å². The Morgan fingerprint density at radius 1 is 0.564 bits per heavy atom. The summed E-state index contributed by atoms with van der Waals surface area (Å²) in [4.78, 5) is 0. The van der Waals surface area contributed by atoms with E-state index in [0.717, 1.165) is 45.1 Å². The average Bonchev–Trinajstić information content (AvgIpc) is 2.96. The molecule has 7 heteroatoms. The molecular formula is C32H28F6N+. The van der Waals surface area contributed by atoms with Crippen LogP contribution in [0.5, 0.6) is 0 Å². The molecule has 0 amide bonds. The molecule has 0 N–H and O–H groups in total. The van der Waals surface area contributed by atoms with E-state index in [1.807, 2.05) is 27.0 Å². The van der Waals surface area contributed by atoms with E-state index in [-0.39, 0.29) is 5.56 Å². The summed E-state index contributed by atoms with van der Waals surface area (Å²) in [6.45, 7) is 10.1. The highest BCUT2D eigenvalue weighted by Gasteiger charge is 2.79. The molecule has 0 bridgehead atoms. The third-order valence-electron chi connectivity index (χ3n) is 7.90. The van der Waals surface area contributed by atoms with Crippen molar-refractivity contribution in [2.75, 3.05) is 0 Å². The van der Waals surface area contributed by atoms with Crippen molar-refractivity contribution in [2.45, 2.75) is 52.4 Å². The molecule has 0 saturated carbocycles. The number of hydrogen-bond donors (Lipinski definition) is 0. The Morgan fingerprint density at radius 2 is 1.18 bits per heavy atom. The number of rotatable bonds is 3. The lowest BCUT2D eigenvalue weighted by atomic mass is 9.91. The largest absolute Gasteiger partial charge is 0.380 e. The molecule has 1 heterocycles. The van der Waals surface area contributed by atoms with Crippen LogP contribution in [0.4, 0.5) is 26.3 Å². The van der Waals surface area contributed by atoms with E-state index in [1.54, 1.807) is 12.1 Å². The molecule has 0 aliphatic heterocycles. The summed E-state index contributed by atoms with van der Waals surface area (Å²) in [5, 5.41) is 0. The first-order chi connectivity index (χ1) is 18.1. The van der Waals surface area contributed by atoms with Crippen molar-refractivity contribution in [3.05, 3.63) is 99.7 Å². The molecule has 1 aliphatic carbocycles. The lowest BCUT2D eigenvalue weighted by Gasteiger charge is -2.23. The third kappa shape index (κ3) is 3.88. The van der Waals surface area contributed by atoms with Crippen molar-refractivity contribution < 1.29 is 30.9 Å². The second-order valence-electron chi connectivity index (χ2n) is 10.6. The zero-order valence-corrected chi connectivity index (χ0v) is 22.5. The fourth-order valence-electron chi connectivity index (χ4n) is 5.58. The standard InChI is InChI=1S/C32H28F6N/c1-17-11-18(2)21(5)26(12-17)29-15-25(20(4)16-39(29)6)24-9-7-22(13-19(24)3)23-8-10-27-28(14-23)31(35,36)32(37,38)30(27,33)34/h7-16H,1-6H3/q+1. The Hall–Kier alpha value is -3.61. The monoisotopic (exact) mass is 540 g/mol. The van der Waals surface area contributed by atoms with Gasteiger partial charge in [0.15, 0.2) is 6.20 Å². The molecule has 1 aromatic heterocycles. The van der Waals surface area contributed by atoms with Gasteiger partial charge < -0.3 is 0 Å². The highest BCUT2D eigenvalue weighted by Crippen LogP contribution is 2.63. The highest BCUT2D eigenvalue weighted by atomic mass is 19.3. The molecule has 5 rings (SSSR count). The summed E-state index contributed by atoms with van der Waals surface area (Å²) in [6, 6.07) is 14.4. The number of hydrogen-bond acceptors (Lipinski definition) is 0. The summed E-state index contributed by atoms with van der Waals surface area (Å²) in [6.07, 6.45) is 2.05. The van der Waals surface area contributed by atoms with Gasteiger partial charge in [0.25, 0.3) is 0 Å². The summed E-state index contributed by atoms with van der Waals surface area (Å²) in [7, 11) is 2.00. The number of fused-ring (bicyclic) bond motifs is 1. The second-order valence-corrected chi connectivity index (χ2v) is 10.6. The van der Waals surface area contributed by atoms with E-state index in [1.165, 1.54) is 17.2 Å². The SMILES string of the molecule is Cc1cc(C)c(C)c(-c2cc(-c3ccc(-c4ccc5c(c4)C(F)(F)C(F)(F)C5(F)F)cc3C)c(C)c[n+]2C)c1. The lowest BCUT2D eigenvalue weighted by Crippen LogP contribution is -2.43. The van der Waals surface area contributed by atoms with Gasteiger partial charge in [-0.1, -0.05) is 42.0 Å². The minimum absolute atomic E-state index is 0.166. The van der Waals surface area contributed by atoms with Gasteiger partial charge >= 0.3 is 17.8 Å². The molecule has 0 fully saturated rings. The lowest BCUT2D eigenvalue weighted by molar-refractivity contribution is -0.660. The van der Waals surface area contributed by atoms with Crippen LogP contribution < -0.4 is 4.57 Å². The van der Waals surface area contributed by atoms with E-state index in [4.69, 9.17) is 0 Å². The van der Waals surface area contributed by atoms with Gasteiger partial charge in [-0.3, -0.25) is 0 Å². The number of pyridine rings is 1. The second kappa shape index (κ2) is 8.70. The molecule has 3 aromatic carbocycles. The van der Waals surface area contributed by atoms with E-state index >= 15 is 0 Å². The van der Waals surface area contributed by atoms with Gasteiger partial charge in [-0.05, 0) is 85.7 Å². The maximum absolute atomic E-state index is 14.4. The van der Waals surface area contributed by atoms with Crippen LogP contribution in [0, 0.1) is 34.6 Å². The van der Waals surface area contributed by atoms with Gasteiger partial charge in [-0.15, -0.1) is 0 Å². The summed E-state index contributed by atoms with van der Waals surface area (Å²) in [5.41, 5.74) is 7.43. The van der Waals surface area contributed by atoms with Crippen molar-refractivity contribution >= 4 is 0 Å². The predicted octanol–water partition coefficient (Wildman–Crippen LogP) is 8.89. The Bertz CT molecular complexity index is 1650. The molecule has 1 nitrogen and oxygen atoms in total. The highest BCUT2D eigenvalue weighted by molar-refractivity contribution is 5.78. The predicted molar refractivity (Wildman–Crippen MR) is 140 cm³/mol. The zero-order chi connectivity index (χ0) is 28.7. The molecular weight excluding hydrogens is 512 g/mol. The van der Waals surface area contributed by atoms with Crippen LogP contribution in [-0.2, 0) is 18.9 Å². The van der Waals surface area contributed by atoms with Crippen LogP contribution >= 0.6 is 0 Å². The molecule has 1 aliphatic rings. The van der Waals surface area contributed by atoms with Crippen LogP contribution in [0.25, 0.3) is 33.5 Å². The Morgan fingerprint density at radius 3 is 1.85 bits per heavy atom. The quantitative estimate of drug-likeness (QED) is 0.181.